The number of fused-ring (bicyclic) bond motifs is 1. The zero-order valence-corrected chi connectivity index (χ0v) is 20.8. The van der Waals surface area contributed by atoms with Gasteiger partial charge in [0, 0.05) is 29.8 Å². The summed E-state index contributed by atoms with van der Waals surface area (Å²) in [5.74, 6) is 0.639. The Kier molecular flexibility index (Phi) is 9.42. The highest BCUT2D eigenvalue weighted by molar-refractivity contribution is 7.85. The van der Waals surface area contributed by atoms with Crippen LogP contribution in [0.3, 0.4) is 0 Å². The largest absolute Gasteiger partial charge is 0.496 e. The number of methoxy groups -OCH3 is 1. The summed E-state index contributed by atoms with van der Waals surface area (Å²) in [6.07, 6.45) is 4.29. The van der Waals surface area contributed by atoms with Gasteiger partial charge in [-0.1, -0.05) is 11.6 Å². The molecule has 0 bridgehead atoms. The average molecular weight is 541 g/mol. The lowest BCUT2D eigenvalue weighted by atomic mass is 10.1. The van der Waals surface area contributed by atoms with Crippen LogP contribution in [0, 0.1) is 0 Å². The summed E-state index contributed by atoms with van der Waals surface area (Å²) in [6.45, 7) is 0. The van der Waals surface area contributed by atoms with E-state index in [0.717, 1.165) is 12.8 Å². The molecule has 194 valence electrons. The van der Waals surface area contributed by atoms with E-state index in [1.807, 2.05) is 0 Å². The van der Waals surface area contributed by atoms with E-state index in [-0.39, 0.29) is 23.1 Å². The van der Waals surface area contributed by atoms with Crippen molar-refractivity contribution in [3.8, 4) is 17.2 Å². The monoisotopic (exact) mass is 540 g/mol. The fraction of sp³-hybridized carbons (Fsp3) is 0.227. The van der Waals surface area contributed by atoms with Gasteiger partial charge in [-0.05, 0) is 37.1 Å². The number of carbonyl (C=O) groups excluding carboxylic acids is 2. The predicted octanol–water partition coefficient (Wildman–Crippen LogP) is 2.75. The topological polar surface area (TPSA) is 201 Å². The van der Waals surface area contributed by atoms with Crippen LogP contribution in [-0.2, 0) is 10.1 Å². The first-order chi connectivity index (χ1) is 16.4. The SMILES string of the molecule is COc1cc2nccc(Oc3ccc(NC(=O)NC4CC4)c(Cl)c3)c2cc1C(N)=O.CS(=O)(=O)O.O. The number of urea groups is 1. The molecule has 1 saturated carbocycles. The summed E-state index contributed by atoms with van der Waals surface area (Å²) in [7, 11) is -2.21. The molecule has 1 heterocycles. The van der Waals surface area contributed by atoms with E-state index in [1.54, 1.807) is 42.6 Å². The molecule has 36 heavy (non-hydrogen) atoms. The fourth-order valence-corrected chi connectivity index (χ4v) is 3.18. The van der Waals surface area contributed by atoms with Crippen molar-refractivity contribution in [2.75, 3.05) is 18.7 Å². The fourth-order valence-electron chi connectivity index (χ4n) is 2.96. The van der Waals surface area contributed by atoms with Crippen LogP contribution in [0.1, 0.15) is 23.2 Å². The highest BCUT2D eigenvalue weighted by Crippen LogP contribution is 2.35. The average Bonchev–Trinajstić information content (AvgIpc) is 3.57. The number of carbonyl (C=O) groups is 2. The molecule has 1 fully saturated rings. The van der Waals surface area contributed by atoms with Gasteiger partial charge in [0.05, 0.1) is 35.2 Å². The molecule has 1 aromatic heterocycles. The molecule has 0 unspecified atom stereocenters. The van der Waals surface area contributed by atoms with Crippen LogP contribution in [0.25, 0.3) is 10.9 Å². The lowest BCUT2D eigenvalue weighted by Gasteiger charge is -2.13. The number of hydrogen-bond donors (Lipinski definition) is 4. The van der Waals surface area contributed by atoms with Crippen LogP contribution in [-0.4, -0.2) is 54.8 Å². The molecule has 1 aliphatic carbocycles. The molecule has 7 N–H and O–H groups in total. The third-order valence-electron chi connectivity index (χ3n) is 4.62. The molecule has 2 aromatic carbocycles. The Morgan fingerprint density at radius 2 is 1.83 bits per heavy atom. The van der Waals surface area contributed by atoms with Crippen molar-refractivity contribution in [2.24, 2.45) is 5.73 Å². The predicted molar refractivity (Wildman–Crippen MR) is 135 cm³/mol. The van der Waals surface area contributed by atoms with E-state index in [9.17, 15) is 18.0 Å². The number of nitrogens with zero attached hydrogens (tertiary/aromatic N) is 1. The second kappa shape index (κ2) is 11.9. The number of halogens is 1. The van der Waals surface area contributed by atoms with Crippen molar-refractivity contribution >= 4 is 50.2 Å². The summed E-state index contributed by atoms with van der Waals surface area (Å²) in [5, 5.41) is 6.48. The van der Waals surface area contributed by atoms with Crippen LogP contribution in [0.2, 0.25) is 5.02 Å². The normalized spacial score (nSPS) is 12.4. The third kappa shape index (κ3) is 8.23. The van der Waals surface area contributed by atoms with Crippen LogP contribution < -0.4 is 25.8 Å². The van der Waals surface area contributed by atoms with Crippen molar-refractivity contribution in [3.63, 3.8) is 0 Å². The van der Waals surface area contributed by atoms with Crippen molar-refractivity contribution in [2.45, 2.75) is 18.9 Å². The second-order valence-electron chi connectivity index (χ2n) is 7.59. The van der Waals surface area contributed by atoms with Gasteiger partial charge in [-0.15, -0.1) is 0 Å². The molecule has 3 amide bonds. The Morgan fingerprint density at radius 3 is 2.39 bits per heavy atom. The van der Waals surface area contributed by atoms with E-state index in [0.29, 0.717) is 45.1 Å². The number of anilines is 1. The maximum absolute atomic E-state index is 11.9. The molecule has 4 rings (SSSR count). The zero-order valence-electron chi connectivity index (χ0n) is 19.2. The second-order valence-corrected chi connectivity index (χ2v) is 9.47. The van der Waals surface area contributed by atoms with Crippen LogP contribution >= 0.6 is 11.6 Å². The molecule has 0 radical (unpaired) electrons. The number of benzene rings is 2. The number of nitrogens with one attached hydrogen (secondary N) is 2. The number of nitrogens with two attached hydrogens (primary N) is 1. The zero-order chi connectivity index (χ0) is 25.8. The first kappa shape index (κ1) is 28.6. The van der Waals surface area contributed by atoms with E-state index < -0.39 is 16.0 Å². The quantitative estimate of drug-likeness (QED) is 0.341. The van der Waals surface area contributed by atoms with Gasteiger partial charge in [0.15, 0.2) is 0 Å². The van der Waals surface area contributed by atoms with Crippen molar-refractivity contribution < 1.29 is 37.5 Å². The highest BCUT2D eigenvalue weighted by Gasteiger charge is 2.23. The molecule has 3 aromatic rings. The minimum absolute atomic E-state index is 0. The molecule has 1 aliphatic rings. The van der Waals surface area contributed by atoms with Gasteiger partial charge in [-0.3, -0.25) is 14.3 Å². The third-order valence-corrected chi connectivity index (χ3v) is 4.93. The van der Waals surface area contributed by atoms with E-state index in [2.05, 4.69) is 15.6 Å². The lowest BCUT2D eigenvalue weighted by molar-refractivity contribution is 0.0997. The summed E-state index contributed by atoms with van der Waals surface area (Å²) in [5.41, 5.74) is 6.73. The molecular formula is C22H25ClN4O8S. The number of amides is 3. The Bertz CT molecular complexity index is 1370. The maximum atomic E-state index is 11.9. The van der Waals surface area contributed by atoms with E-state index >= 15 is 0 Å². The number of aromatic nitrogens is 1. The summed E-state index contributed by atoms with van der Waals surface area (Å²) in [4.78, 5) is 28.0. The number of hydrogen-bond acceptors (Lipinski definition) is 7. The molecule has 0 spiro atoms. The van der Waals surface area contributed by atoms with Crippen molar-refractivity contribution in [1.29, 1.82) is 0 Å². The maximum Gasteiger partial charge on any atom is 0.319 e. The van der Waals surface area contributed by atoms with Gasteiger partial charge in [-0.25, -0.2) is 4.79 Å². The first-order valence-corrected chi connectivity index (χ1v) is 12.4. The van der Waals surface area contributed by atoms with Gasteiger partial charge >= 0.3 is 6.03 Å². The Morgan fingerprint density at radius 1 is 1.17 bits per heavy atom. The van der Waals surface area contributed by atoms with Crippen molar-refractivity contribution in [3.05, 3.63) is 53.2 Å². The van der Waals surface area contributed by atoms with Crippen LogP contribution in [0.4, 0.5) is 10.5 Å². The minimum Gasteiger partial charge on any atom is -0.496 e. The Labute approximate surface area is 211 Å². The van der Waals surface area contributed by atoms with Crippen LogP contribution in [0.15, 0.2) is 42.6 Å². The van der Waals surface area contributed by atoms with Gasteiger partial charge < -0.3 is 31.3 Å². The first-order valence-electron chi connectivity index (χ1n) is 10.2. The smallest absolute Gasteiger partial charge is 0.319 e. The van der Waals surface area contributed by atoms with Gasteiger partial charge in [0.25, 0.3) is 16.0 Å². The molecule has 0 saturated heterocycles. The van der Waals surface area contributed by atoms with Crippen molar-refractivity contribution in [1.82, 2.24) is 10.3 Å². The Hall–Kier alpha value is -3.65. The molecular weight excluding hydrogens is 516 g/mol. The highest BCUT2D eigenvalue weighted by atomic mass is 35.5. The van der Waals surface area contributed by atoms with E-state index in [1.165, 1.54) is 7.11 Å². The minimum atomic E-state index is -3.67. The standard InChI is InChI=1S/C21H19ClN4O4.CH4O3S.H2O/c1-29-19-10-17-13(9-14(19)20(23)27)18(6-7-24-17)30-12-4-5-16(15(22)8-12)26-21(28)25-11-2-3-11;1-5(2,3)4;/h4-11H,2-3H2,1H3,(H2,23,27)(H2,25,26,28);1H3,(H,2,3,4);1H2. The van der Waals surface area contributed by atoms with Gasteiger partial charge in [-0.2, -0.15) is 8.42 Å². The molecule has 14 heteroatoms. The number of rotatable bonds is 6. The van der Waals surface area contributed by atoms with E-state index in [4.69, 9.17) is 31.4 Å². The Balaban J connectivity index is 0.000000694. The summed E-state index contributed by atoms with van der Waals surface area (Å²) < 4.78 is 37.1. The van der Waals surface area contributed by atoms with Gasteiger partial charge in [0.2, 0.25) is 0 Å². The molecule has 12 nitrogen and oxygen atoms in total. The number of primary amides is 1. The number of ether oxygens (including phenoxy) is 2. The lowest BCUT2D eigenvalue weighted by Crippen LogP contribution is -2.30. The molecule has 0 aliphatic heterocycles. The van der Waals surface area contributed by atoms with Crippen LogP contribution in [0.5, 0.6) is 17.2 Å². The van der Waals surface area contributed by atoms with Gasteiger partial charge in [0.1, 0.15) is 17.2 Å². The molecule has 0 atom stereocenters. The number of pyridine rings is 1. The summed E-state index contributed by atoms with van der Waals surface area (Å²) in [6, 6.07) is 9.77. The summed E-state index contributed by atoms with van der Waals surface area (Å²) >= 11 is 6.30.